The number of rotatable bonds is 6. The van der Waals surface area contributed by atoms with E-state index in [-0.39, 0.29) is 11.6 Å². The predicted molar refractivity (Wildman–Crippen MR) is 59.7 cm³/mol. The van der Waals surface area contributed by atoms with Crippen molar-refractivity contribution in [2.24, 2.45) is 0 Å². The molecule has 0 unspecified atom stereocenters. The summed E-state index contributed by atoms with van der Waals surface area (Å²) in [6, 6.07) is 1.59. The predicted octanol–water partition coefficient (Wildman–Crippen LogP) is 1.29. The minimum Gasteiger partial charge on any atom is -0.471 e. The van der Waals surface area contributed by atoms with Gasteiger partial charge in [-0.05, 0) is 19.5 Å². The molecule has 0 radical (unpaired) electrons. The number of hydrogen-bond donors (Lipinski definition) is 1. The zero-order valence-electron chi connectivity index (χ0n) is 9.40. The van der Waals surface area contributed by atoms with Crippen LogP contribution in [0.15, 0.2) is 12.3 Å². The molecule has 0 aliphatic rings. The van der Waals surface area contributed by atoms with Crippen LogP contribution in [0.5, 0.6) is 5.88 Å². The molecular weight excluding hydrogens is 210 g/mol. The van der Waals surface area contributed by atoms with Gasteiger partial charge in [0, 0.05) is 18.3 Å². The fourth-order valence-electron chi connectivity index (χ4n) is 1.25. The van der Waals surface area contributed by atoms with Gasteiger partial charge in [-0.15, -0.1) is 0 Å². The van der Waals surface area contributed by atoms with E-state index in [2.05, 4.69) is 10.3 Å². The molecular formula is C10H15N3O3. The molecule has 0 aromatic carbocycles. The van der Waals surface area contributed by atoms with Crippen LogP contribution in [0, 0.1) is 17.0 Å². The zero-order valence-corrected chi connectivity index (χ0v) is 9.40. The van der Waals surface area contributed by atoms with Gasteiger partial charge in [-0.2, -0.15) is 0 Å². The first-order valence-corrected chi connectivity index (χ1v) is 5.10. The van der Waals surface area contributed by atoms with Crippen molar-refractivity contribution in [1.29, 1.82) is 0 Å². The summed E-state index contributed by atoms with van der Waals surface area (Å²) in [7, 11) is 0. The van der Waals surface area contributed by atoms with E-state index in [1.807, 2.05) is 6.92 Å². The fraction of sp³-hybridized carbons (Fsp3) is 0.500. The third-order valence-electron chi connectivity index (χ3n) is 2.04. The second-order valence-corrected chi connectivity index (χ2v) is 3.24. The number of nitrogens with one attached hydrogen (secondary N) is 1. The maximum atomic E-state index is 10.8. The SMILES string of the molecule is CCNCCOc1nccc(C)c1[N+](=O)[O-]. The lowest BCUT2D eigenvalue weighted by molar-refractivity contribution is -0.386. The molecule has 0 aliphatic carbocycles. The van der Waals surface area contributed by atoms with Crippen LogP contribution in [0.2, 0.25) is 0 Å². The highest BCUT2D eigenvalue weighted by Crippen LogP contribution is 2.27. The Bertz CT molecular complexity index is 368. The van der Waals surface area contributed by atoms with E-state index in [4.69, 9.17) is 4.74 Å². The third kappa shape index (κ3) is 3.16. The summed E-state index contributed by atoms with van der Waals surface area (Å²) < 4.78 is 5.27. The van der Waals surface area contributed by atoms with Gasteiger partial charge in [0.05, 0.1) is 4.92 Å². The minimum atomic E-state index is -0.467. The molecule has 1 heterocycles. The molecule has 1 N–H and O–H groups in total. The highest BCUT2D eigenvalue weighted by Gasteiger charge is 2.19. The quantitative estimate of drug-likeness (QED) is 0.448. The molecule has 0 fully saturated rings. The fourth-order valence-corrected chi connectivity index (χ4v) is 1.25. The molecule has 88 valence electrons. The van der Waals surface area contributed by atoms with Crippen molar-refractivity contribution in [1.82, 2.24) is 10.3 Å². The normalized spacial score (nSPS) is 10.1. The van der Waals surface area contributed by atoms with Gasteiger partial charge in [-0.3, -0.25) is 10.1 Å². The van der Waals surface area contributed by atoms with Crippen molar-refractivity contribution in [3.05, 3.63) is 27.9 Å². The van der Waals surface area contributed by atoms with Crippen LogP contribution in [0.3, 0.4) is 0 Å². The molecule has 6 heteroatoms. The maximum absolute atomic E-state index is 10.8. The summed E-state index contributed by atoms with van der Waals surface area (Å²) in [6.45, 7) is 5.49. The minimum absolute atomic E-state index is 0.0565. The number of likely N-dealkylation sites (N-methyl/N-ethyl adjacent to an activating group) is 1. The number of hydrogen-bond acceptors (Lipinski definition) is 5. The summed E-state index contributed by atoms with van der Waals surface area (Å²) in [5, 5.41) is 13.9. The average Bonchev–Trinajstić information content (AvgIpc) is 2.24. The number of pyridine rings is 1. The molecule has 6 nitrogen and oxygen atoms in total. The lowest BCUT2D eigenvalue weighted by atomic mass is 10.2. The summed E-state index contributed by atoms with van der Waals surface area (Å²) in [6.07, 6.45) is 1.50. The summed E-state index contributed by atoms with van der Waals surface area (Å²) >= 11 is 0. The van der Waals surface area contributed by atoms with Gasteiger partial charge in [-0.1, -0.05) is 6.92 Å². The second-order valence-electron chi connectivity index (χ2n) is 3.24. The maximum Gasteiger partial charge on any atom is 0.333 e. The standard InChI is InChI=1S/C10H15N3O3/c1-3-11-6-7-16-10-9(13(14)15)8(2)4-5-12-10/h4-5,11H,3,6-7H2,1-2H3. The van der Waals surface area contributed by atoms with E-state index in [0.717, 1.165) is 6.54 Å². The van der Waals surface area contributed by atoms with Gasteiger partial charge >= 0.3 is 5.69 Å². The molecule has 16 heavy (non-hydrogen) atoms. The highest BCUT2D eigenvalue weighted by molar-refractivity contribution is 5.47. The number of ether oxygens (including phenoxy) is 1. The van der Waals surface area contributed by atoms with Gasteiger partial charge in [0.15, 0.2) is 0 Å². The van der Waals surface area contributed by atoms with Crippen molar-refractivity contribution in [2.75, 3.05) is 19.7 Å². The summed E-state index contributed by atoms with van der Waals surface area (Å²) in [4.78, 5) is 14.2. The number of aryl methyl sites for hydroxylation is 1. The molecule has 1 aromatic heterocycles. The highest BCUT2D eigenvalue weighted by atomic mass is 16.6. The van der Waals surface area contributed by atoms with E-state index in [1.165, 1.54) is 6.20 Å². The second kappa shape index (κ2) is 6.02. The van der Waals surface area contributed by atoms with Gasteiger partial charge in [0.25, 0.3) is 5.88 Å². The van der Waals surface area contributed by atoms with Gasteiger partial charge in [-0.25, -0.2) is 4.98 Å². The smallest absolute Gasteiger partial charge is 0.333 e. The van der Waals surface area contributed by atoms with E-state index in [0.29, 0.717) is 18.7 Å². The Morgan fingerprint density at radius 2 is 2.38 bits per heavy atom. The number of aromatic nitrogens is 1. The first kappa shape index (κ1) is 12.4. The summed E-state index contributed by atoms with van der Waals surface area (Å²) in [5.74, 6) is 0.0860. The molecule has 0 aliphatic heterocycles. The lowest BCUT2D eigenvalue weighted by Crippen LogP contribution is -2.20. The molecule has 0 atom stereocenters. The zero-order chi connectivity index (χ0) is 12.0. The summed E-state index contributed by atoms with van der Waals surface area (Å²) in [5.41, 5.74) is 0.498. The molecule has 0 bridgehead atoms. The Morgan fingerprint density at radius 3 is 3.00 bits per heavy atom. The van der Waals surface area contributed by atoms with Crippen molar-refractivity contribution in [3.63, 3.8) is 0 Å². The van der Waals surface area contributed by atoms with E-state index < -0.39 is 4.92 Å². The lowest BCUT2D eigenvalue weighted by Gasteiger charge is -2.06. The Kier molecular flexibility index (Phi) is 4.65. The molecule has 0 spiro atoms. The monoisotopic (exact) mass is 225 g/mol. The van der Waals surface area contributed by atoms with Gasteiger partial charge in [0.2, 0.25) is 0 Å². The van der Waals surface area contributed by atoms with Crippen LogP contribution in [0.4, 0.5) is 5.69 Å². The average molecular weight is 225 g/mol. The molecule has 0 saturated heterocycles. The van der Waals surface area contributed by atoms with E-state index in [9.17, 15) is 10.1 Å². The topological polar surface area (TPSA) is 77.3 Å². The third-order valence-corrected chi connectivity index (χ3v) is 2.04. The van der Waals surface area contributed by atoms with Crippen LogP contribution in [0.25, 0.3) is 0 Å². The molecule has 1 aromatic rings. The van der Waals surface area contributed by atoms with Crippen molar-refractivity contribution in [2.45, 2.75) is 13.8 Å². The van der Waals surface area contributed by atoms with Gasteiger partial charge in [0.1, 0.15) is 6.61 Å². The molecule has 1 rings (SSSR count). The van der Waals surface area contributed by atoms with E-state index >= 15 is 0 Å². The van der Waals surface area contributed by atoms with Crippen LogP contribution in [-0.4, -0.2) is 29.6 Å². The molecule has 0 amide bonds. The molecule has 0 saturated carbocycles. The van der Waals surface area contributed by atoms with Crippen LogP contribution in [-0.2, 0) is 0 Å². The van der Waals surface area contributed by atoms with Crippen LogP contribution in [0.1, 0.15) is 12.5 Å². The first-order chi connectivity index (χ1) is 7.66. The van der Waals surface area contributed by atoms with E-state index in [1.54, 1.807) is 13.0 Å². The van der Waals surface area contributed by atoms with Crippen molar-refractivity contribution in [3.8, 4) is 5.88 Å². The van der Waals surface area contributed by atoms with Crippen LogP contribution >= 0.6 is 0 Å². The van der Waals surface area contributed by atoms with Gasteiger partial charge < -0.3 is 10.1 Å². The number of nitro groups is 1. The Labute approximate surface area is 93.8 Å². The Balaban J connectivity index is 2.71. The van der Waals surface area contributed by atoms with Crippen molar-refractivity contribution < 1.29 is 9.66 Å². The largest absolute Gasteiger partial charge is 0.471 e. The van der Waals surface area contributed by atoms with Crippen molar-refractivity contribution >= 4 is 5.69 Å². The number of nitrogens with zero attached hydrogens (tertiary/aromatic N) is 2. The Morgan fingerprint density at radius 1 is 1.62 bits per heavy atom. The van der Waals surface area contributed by atoms with Crippen LogP contribution < -0.4 is 10.1 Å². The Hall–Kier alpha value is -1.69. The first-order valence-electron chi connectivity index (χ1n) is 5.10.